The summed E-state index contributed by atoms with van der Waals surface area (Å²) in [5.74, 6) is 0.502. The van der Waals surface area contributed by atoms with Crippen LogP contribution >= 0.6 is 11.3 Å². The molecule has 0 unspecified atom stereocenters. The highest BCUT2D eigenvalue weighted by molar-refractivity contribution is 7.09. The molecule has 0 radical (unpaired) electrons. The fraction of sp³-hybridized carbons (Fsp3) is 0.455. The second-order valence-electron chi connectivity index (χ2n) is 7.61. The van der Waals surface area contributed by atoms with Crippen LogP contribution in [0.4, 0.5) is 0 Å². The number of hydrogen-bond acceptors (Lipinski definition) is 5. The topological polar surface area (TPSA) is 49.6 Å². The third-order valence-electron chi connectivity index (χ3n) is 5.62. The smallest absolute Gasteiger partial charge is 0.289 e. The highest BCUT2D eigenvalue weighted by Gasteiger charge is 2.27. The Morgan fingerprint density at radius 2 is 1.86 bits per heavy atom. The number of thiazole rings is 1. The number of amides is 1. The molecular weight excluding hydrogens is 370 g/mol. The molecule has 0 saturated carbocycles. The first-order valence-corrected chi connectivity index (χ1v) is 10.8. The molecule has 5 nitrogen and oxygen atoms in total. The average Bonchev–Trinajstić information content (AvgIpc) is 3.30. The Bertz CT molecular complexity index is 1010. The van der Waals surface area contributed by atoms with Crippen LogP contribution in [0, 0.1) is 20.8 Å². The van der Waals surface area contributed by atoms with Crippen LogP contribution in [0.1, 0.15) is 44.9 Å². The summed E-state index contributed by atoms with van der Waals surface area (Å²) in [6.45, 7) is 12.3. The van der Waals surface area contributed by atoms with E-state index in [4.69, 9.17) is 4.42 Å². The van der Waals surface area contributed by atoms with E-state index in [1.54, 1.807) is 11.3 Å². The van der Waals surface area contributed by atoms with Crippen molar-refractivity contribution in [3.8, 4) is 0 Å². The molecule has 0 N–H and O–H groups in total. The number of aryl methyl sites for hydroxylation is 4. The molecule has 1 aromatic carbocycles. The van der Waals surface area contributed by atoms with Crippen molar-refractivity contribution in [2.24, 2.45) is 0 Å². The van der Waals surface area contributed by atoms with E-state index in [0.29, 0.717) is 5.76 Å². The Morgan fingerprint density at radius 3 is 2.50 bits per heavy atom. The molecule has 0 aliphatic carbocycles. The lowest BCUT2D eigenvalue weighted by Gasteiger charge is -2.34. The summed E-state index contributed by atoms with van der Waals surface area (Å²) in [5.41, 5.74) is 5.16. The van der Waals surface area contributed by atoms with Crippen LogP contribution in [-0.4, -0.2) is 46.9 Å². The van der Waals surface area contributed by atoms with Crippen LogP contribution in [0.2, 0.25) is 0 Å². The molecule has 28 heavy (non-hydrogen) atoms. The van der Waals surface area contributed by atoms with Gasteiger partial charge in [-0.3, -0.25) is 9.69 Å². The Hall–Kier alpha value is -2.18. The van der Waals surface area contributed by atoms with Gasteiger partial charge in [0.15, 0.2) is 5.76 Å². The minimum Gasteiger partial charge on any atom is -0.450 e. The summed E-state index contributed by atoms with van der Waals surface area (Å²) < 4.78 is 6.05. The first kappa shape index (κ1) is 19.2. The zero-order valence-corrected chi connectivity index (χ0v) is 17.9. The van der Waals surface area contributed by atoms with Gasteiger partial charge in [0, 0.05) is 49.1 Å². The molecule has 0 atom stereocenters. The van der Waals surface area contributed by atoms with E-state index in [1.165, 1.54) is 5.01 Å². The van der Waals surface area contributed by atoms with Crippen molar-refractivity contribution in [3.05, 3.63) is 50.7 Å². The first-order valence-electron chi connectivity index (χ1n) is 9.92. The van der Waals surface area contributed by atoms with Crippen LogP contribution in [0.25, 0.3) is 11.0 Å². The first-order chi connectivity index (χ1) is 13.5. The number of carbonyl (C=O) groups excluding carboxylic acids is 1. The van der Waals surface area contributed by atoms with Gasteiger partial charge in [0.05, 0.1) is 10.7 Å². The van der Waals surface area contributed by atoms with Crippen molar-refractivity contribution >= 4 is 28.2 Å². The van der Waals surface area contributed by atoms with Crippen molar-refractivity contribution < 1.29 is 9.21 Å². The Labute approximate surface area is 170 Å². The summed E-state index contributed by atoms with van der Waals surface area (Å²) in [7, 11) is 0. The van der Waals surface area contributed by atoms with Crippen LogP contribution in [0.5, 0.6) is 0 Å². The van der Waals surface area contributed by atoms with Gasteiger partial charge in [-0.2, -0.15) is 0 Å². The van der Waals surface area contributed by atoms with Gasteiger partial charge in [-0.05, 0) is 38.3 Å². The molecule has 3 aromatic rings. The Balaban J connectivity index is 1.45. The number of furan rings is 1. The van der Waals surface area contributed by atoms with E-state index in [9.17, 15) is 4.79 Å². The zero-order chi connectivity index (χ0) is 19.8. The number of rotatable bonds is 4. The molecule has 148 valence electrons. The Morgan fingerprint density at radius 1 is 1.14 bits per heavy atom. The van der Waals surface area contributed by atoms with Gasteiger partial charge in [-0.25, -0.2) is 4.98 Å². The number of nitrogens with zero attached hydrogens (tertiary/aromatic N) is 3. The highest BCUT2D eigenvalue weighted by Crippen LogP contribution is 2.31. The molecule has 1 fully saturated rings. The number of aromatic nitrogens is 1. The molecular formula is C22H27N3O2S. The van der Waals surface area contributed by atoms with E-state index >= 15 is 0 Å². The van der Waals surface area contributed by atoms with E-state index in [0.717, 1.165) is 72.5 Å². The predicted molar refractivity (Wildman–Crippen MR) is 113 cm³/mol. The molecule has 1 amide bonds. The molecule has 1 aliphatic heterocycles. The molecule has 6 heteroatoms. The SMILES string of the molecule is CCc1nc(CN2CCN(C(=O)c3oc4c(C)ccc(C)c4c3C)CC2)cs1. The second kappa shape index (κ2) is 7.68. The maximum Gasteiger partial charge on any atom is 0.289 e. The number of benzene rings is 1. The standard InChI is InChI=1S/C22H27N3O2S/c1-5-18-23-17(13-28-18)12-24-8-10-25(11-9-24)22(26)21-16(4)19-14(2)6-7-15(3)20(19)27-21/h6-7,13H,5,8-12H2,1-4H3. The van der Waals surface area contributed by atoms with Crippen LogP contribution in [-0.2, 0) is 13.0 Å². The minimum absolute atomic E-state index is 0.00841. The zero-order valence-electron chi connectivity index (χ0n) is 17.0. The lowest BCUT2D eigenvalue weighted by Crippen LogP contribution is -2.48. The average molecular weight is 398 g/mol. The van der Waals surface area contributed by atoms with Crippen LogP contribution < -0.4 is 0 Å². The number of piperazine rings is 1. The maximum atomic E-state index is 13.1. The molecule has 0 spiro atoms. The van der Waals surface area contributed by atoms with E-state index < -0.39 is 0 Å². The number of carbonyl (C=O) groups is 1. The van der Waals surface area contributed by atoms with Crippen molar-refractivity contribution in [2.45, 2.75) is 40.7 Å². The molecule has 3 heterocycles. The second-order valence-corrected chi connectivity index (χ2v) is 8.56. The maximum absolute atomic E-state index is 13.1. The Kier molecular flexibility index (Phi) is 5.25. The summed E-state index contributed by atoms with van der Waals surface area (Å²) in [4.78, 5) is 22.1. The van der Waals surface area contributed by atoms with Gasteiger partial charge >= 0.3 is 0 Å². The number of hydrogen-bond donors (Lipinski definition) is 0. The van der Waals surface area contributed by atoms with E-state index in [1.807, 2.05) is 18.7 Å². The van der Waals surface area contributed by atoms with Crippen molar-refractivity contribution in [3.63, 3.8) is 0 Å². The fourth-order valence-electron chi connectivity index (χ4n) is 3.94. The van der Waals surface area contributed by atoms with Crippen LogP contribution in [0.3, 0.4) is 0 Å². The van der Waals surface area contributed by atoms with Crippen molar-refractivity contribution in [1.82, 2.24) is 14.8 Å². The fourth-order valence-corrected chi connectivity index (χ4v) is 4.68. The normalized spacial score (nSPS) is 15.5. The third-order valence-corrected chi connectivity index (χ3v) is 6.67. The van der Waals surface area contributed by atoms with Crippen molar-refractivity contribution in [2.75, 3.05) is 26.2 Å². The third kappa shape index (κ3) is 3.47. The summed E-state index contributed by atoms with van der Waals surface area (Å²) >= 11 is 1.73. The largest absolute Gasteiger partial charge is 0.450 e. The molecule has 1 aliphatic rings. The lowest BCUT2D eigenvalue weighted by molar-refractivity contribution is 0.0598. The molecule has 4 rings (SSSR count). The van der Waals surface area contributed by atoms with Gasteiger partial charge in [-0.1, -0.05) is 19.1 Å². The summed E-state index contributed by atoms with van der Waals surface area (Å²) in [6.07, 6.45) is 0.989. The van der Waals surface area contributed by atoms with E-state index in [-0.39, 0.29) is 5.91 Å². The van der Waals surface area contributed by atoms with E-state index in [2.05, 4.69) is 41.2 Å². The quantitative estimate of drug-likeness (QED) is 0.657. The molecule has 0 bridgehead atoms. The van der Waals surface area contributed by atoms with Gasteiger partial charge in [0.25, 0.3) is 5.91 Å². The van der Waals surface area contributed by atoms with Gasteiger partial charge < -0.3 is 9.32 Å². The van der Waals surface area contributed by atoms with Crippen molar-refractivity contribution in [1.29, 1.82) is 0 Å². The highest BCUT2D eigenvalue weighted by atomic mass is 32.1. The van der Waals surface area contributed by atoms with Gasteiger partial charge in [0.1, 0.15) is 5.58 Å². The molecule has 1 saturated heterocycles. The summed E-state index contributed by atoms with van der Waals surface area (Å²) in [5, 5.41) is 4.42. The van der Waals surface area contributed by atoms with Crippen LogP contribution in [0.15, 0.2) is 21.9 Å². The summed E-state index contributed by atoms with van der Waals surface area (Å²) in [6, 6.07) is 4.14. The monoisotopic (exact) mass is 397 g/mol. The predicted octanol–water partition coefficient (Wildman–Crippen LogP) is 4.33. The van der Waals surface area contributed by atoms with Gasteiger partial charge in [-0.15, -0.1) is 11.3 Å². The van der Waals surface area contributed by atoms with Gasteiger partial charge in [0.2, 0.25) is 0 Å². The molecule has 2 aromatic heterocycles. The number of fused-ring (bicyclic) bond motifs is 1. The lowest BCUT2D eigenvalue weighted by atomic mass is 10.0. The minimum atomic E-state index is 0.00841.